The van der Waals surface area contributed by atoms with E-state index >= 15 is 0 Å². The molecule has 0 radical (unpaired) electrons. The Morgan fingerprint density at radius 3 is 2.25 bits per heavy atom. The van der Waals surface area contributed by atoms with Gasteiger partial charge in [-0.25, -0.2) is 0 Å². The Labute approximate surface area is 75.3 Å². The van der Waals surface area contributed by atoms with Crippen LogP contribution in [0.15, 0.2) is 0 Å². The molecule has 0 fully saturated rings. The Morgan fingerprint density at radius 2 is 1.92 bits per heavy atom. The molecule has 0 spiro atoms. The molecule has 0 rings (SSSR count). The van der Waals surface area contributed by atoms with E-state index in [0.717, 1.165) is 6.42 Å². The normalized spacial score (nSPS) is 14.1. The molecule has 0 aromatic rings. The van der Waals surface area contributed by atoms with Crippen LogP contribution in [0.5, 0.6) is 0 Å². The predicted octanol–water partition coefficient (Wildman–Crippen LogP) is 2.62. The van der Waals surface area contributed by atoms with Gasteiger partial charge in [0.2, 0.25) is 0 Å². The SMILES string of the molecule is CCCOC(=O)C(C)C(C)(C)C. The van der Waals surface area contributed by atoms with Crippen LogP contribution in [0.2, 0.25) is 0 Å². The molecule has 1 atom stereocenters. The second-order valence-corrected chi connectivity index (χ2v) is 4.26. The van der Waals surface area contributed by atoms with Crippen molar-refractivity contribution in [3.05, 3.63) is 0 Å². The summed E-state index contributed by atoms with van der Waals surface area (Å²) in [6, 6.07) is 0. The molecule has 1 unspecified atom stereocenters. The van der Waals surface area contributed by atoms with Crippen LogP contribution in [-0.2, 0) is 9.53 Å². The smallest absolute Gasteiger partial charge is 0.309 e. The van der Waals surface area contributed by atoms with Crippen LogP contribution in [0.1, 0.15) is 41.0 Å². The Kier molecular flexibility index (Phi) is 4.29. The van der Waals surface area contributed by atoms with E-state index in [1.165, 1.54) is 0 Å². The molecule has 0 saturated heterocycles. The first-order valence-electron chi connectivity index (χ1n) is 4.56. The predicted molar refractivity (Wildman–Crippen MR) is 49.9 cm³/mol. The van der Waals surface area contributed by atoms with Crippen molar-refractivity contribution in [2.45, 2.75) is 41.0 Å². The van der Waals surface area contributed by atoms with Crippen LogP contribution in [0.25, 0.3) is 0 Å². The first-order valence-corrected chi connectivity index (χ1v) is 4.56. The average molecular weight is 172 g/mol. The standard InChI is InChI=1S/C10H20O2/c1-6-7-12-9(11)8(2)10(3,4)5/h8H,6-7H2,1-5H3. The molecule has 0 amide bonds. The van der Waals surface area contributed by atoms with Crippen molar-refractivity contribution in [1.29, 1.82) is 0 Å². The zero-order chi connectivity index (χ0) is 9.78. The monoisotopic (exact) mass is 172 g/mol. The summed E-state index contributed by atoms with van der Waals surface area (Å²) in [6.45, 7) is 10.6. The van der Waals surface area contributed by atoms with Crippen LogP contribution in [0.4, 0.5) is 0 Å². The first-order chi connectivity index (χ1) is 5.39. The van der Waals surface area contributed by atoms with Gasteiger partial charge in [-0.15, -0.1) is 0 Å². The van der Waals surface area contributed by atoms with Gasteiger partial charge in [0, 0.05) is 0 Å². The molecule has 0 aliphatic carbocycles. The third-order valence-corrected chi connectivity index (χ3v) is 2.10. The number of carbonyl (C=O) groups excluding carboxylic acids is 1. The summed E-state index contributed by atoms with van der Waals surface area (Å²) < 4.78 is 5.04. The van der Waals surface area contributed by atoms with Gasteiger partial charge in [-0.2, -0.15) is 0 Å². The molecule has 2 heteroatoms. The van der Waals surface area contributed by atoms with Gasteiger partial charge >= 0.3 is 5.97 Å². The van der Waals surface area contributed by atoms with Crippen molar-refractivity contribution in [3.63, 3.8) is 0 Å². The molecule has 0 aliphatic heterocycles. The van der Waals surface area contributed by atoms with Crippen molar-refractivity contribution in [3.8, 4) is 0 Å². The zero-order valence-corrected chi connectivity index (χ0v) is 8.81. The number of hydrogen-bond acceptors (Lipinski definition) is 2. The minimum Gasteiger partial charge on any atom is -0.465 e. The number of ether oxygens (including phenoxy) is 1. The van der Waals surface area contributed by atoms with Gasteiger partial charge in [-0.3, -0.25) is 4.79 Å². The van der Waals surface area contributed by atoms with Crippen LogP contribution in [0.3, 0.4) is 0 Å². The molecule has 0 aliphatic rings. The van der Waals surface area contributed by atoms with Crippen molar-refractivity contribution in [2.75, 3.05) is 6.61 Å². The Morgan fingerprint density at radius 1 is 1.42 bits per heavy atom. The maximum atomic E-state index is 11.3. The van der Waals surface area contributed by atoms with E-state index in [2.05, 4.69) is 0 Å². The zero-order valence-electron chi connectivity index (χ0n) is 8.81. The fraction of sp³-hybridized carbons (Fsp3) is 0.900. The summed E-state index contributed by atoms with van der Waals surface area (Å²) >= 11 is 0. The average Bonchev–Trinajstić information content (AvgIpc) is 1.97. The van der Waals surface area contributed by atoms with Crippen LogP contribution in [0, 0.1) is 11.3 Å². The summed E-state index contributed by atoms with van der Waals surface area (Å²) in [5.74, 6) is -0.103. The summed E-state index contributed by atoms with van der Waals surface area (Å²) in [5.41, 5.74) is 0.00479. The third-order valence-electron chi connectivity index (χ3n) is 2.10. The van der Waals surface area contributed by atoms with Crippen molar-refractivity contribution in [1.82, 2.24) is 0 Å². The number of rotatable bonds is 3. The maximum Gasteiger partial charge on any atom is 0.309 e. The highest BCUT2D eigenvalue weighted by molar-refractivity contribution is 5.72. The van der Waals surface area contributed by atoms with Crippen molar-refractivity contribution >= 4 is 5.97 Å². The highest BCUT2D eigenvalue weighted by atomic mass is 16.5. The van der Waals surface area contributed by atoms with Crippen LogP contribution >= 0.6 is 0 Å². The lowest BCUT2D eigenvalue weighted by molar-refractivity contribution is -0.151. The molecule has 12 heavy (non-hydrogen) atoms. The number of carbonyl (C=O) groups is 1. The van der Waals surface area contributed by atoms with E-state index in [0.29, 0.717) is 6.61 Å². The van der Waals surface area contributed by atoms with E-state index in [-0.39, 0.29) is 17.3 Å². The molecule has 0 saturated carbocycles. The van der Waals surface area contributed by atoms with E-state index in [1.54, 1.807) is 0 Å². The molecule has 0 bridgehead atoms. The minimum atomic E-state index is -0.0793. The minimum absolute atomic E-state index is 0.00479. The molecule has 72 valence electrons. The first kappa shape index (κ1) is 11.5. The lowest BCUT2D eigenvalue weighted by Crippen LogP contribution is -2.27. The Hall–Kier alpha value is -0.530. The highest BCUT2D eigenvalue weighted by Crippen LogP contribution is 2.26. The molecular formula is C10H20O2. The molecule has 0 heterocycles. The van der Waals surface area contributed by atoms with E-state index in [1.807, 2.05) is 34.6 Å². The Bertz CT molecular complexity index is 144. The number of hydrogen-bond donors (Lipinski definition) is 0. The quantitative estimate of drug-likeness (QED) is 0.612. The maximum absolute atomic E-state index is 11.3. The van der Waals surface area contributed by atoms with Gasteiger partial charge in [0.05, 0.1) is 12.5 Å². The third kappa shape index (κ3) is 3.74. The number of esters is 1. The molecule has 0 aromatic heterocycles. The summed E-state index contributed by atoms with van der Waals surface area (Å²) in [5, 5.41) is 0. The molecule has 0 aromatic carbocycles. The van der Waals surface area contributed by atoms with Gasteiger partial charge in [0.1, 0.15) is 0 Å². The van der Waals surface area contributed by atoms with E-state index in [4.69, 9.17) is 4.74 Å². The summed E-state index contributed by atoms with van der Waals surface area (Å²) in [6.07, 6.45) is 0.891. The van der Waals surface area contributed by atoms with Crippen molar-refractivity contribution < 1.29 is 9.53 Å². The van der Waals surface area contributed by atoms with Gasteiger partial charge in [0.25, 0.3) is 0 Å². The van der Waals surface area contributed by atoms with Crippen LogP contribution in [-0.4, -0.2) is 12.6 Å². The molecule has 2 nitrogen and oxygen atoms in total. The fourth-order valence-electron chi connectivity index (χ4n) is 0.681. The highest BCUT2D eigenvalue weighted by Gasteiger charge is 2.27. The van der Waals surface area contributed by atoms with Gasteiger partial charge in [-0.1, -0.05) is 34.6 Å². The second-order valence-electron chi connectivity index (χ2n) is 4.26. The van der Waals surface area contributed by atoms with Gasteiger partial charge < -0.3 is 4.74 Å². The summed E-state index contributed by atoms with van der Waals surface area (Å²) in [4.78, 5) is 11.3. The van der Waals surface area contributed by atoms with Crippen molar-refractivity contribution in [2.24, 2.45) is 11.3 Å². The largest absolute Gasteiger partial charge is 0.465 e. The molecule has 0 N–H and O–H groups in total. The van der Waals surface area contributed by atoms with Crippen LogP contribution < -0.4 is 0 Å². The lowest BCUT2D eigenvalue weighted by atomic mass is 9.82. The molecular weight excluding hydrogens is 152 g/mol. The topological polar surface area (TPSA) is 26.3 Å². The van der Waals surface area contributed by atoms with Gasteiger partial charge in [0.15, 0.2) is 0 Å². The summed E-state index contributed by atoms with van der Waals surface area (Å²) in [7, 11) is 0. The lowest BCUT2D eigenvalue weighted by Gasteiger charge is -2.25. The fourth-order valence-corrected chi connectivity index (χ4v) is 0.681. The van der Waals surface area contributed by atoms with E-state index < -0.39 is 0 Å². The second kappa shape index (κ2) is 4.48. The van der Waals surface area contributed by atoms with Gasteiger partial charge in [-0.05, 0) is 11.8 Å². The Balaban J connectivity index is 3.94. The van der Waals surface area contributed by atoms with E-state index in [9.17, 15) is 4.79 Å².